The van der Waals surface area contributed by atoms with Crippen LogP contribution in [0.15, 0.2) is 22.7 Å². The van der Waals surface area contributed by atoms with Gasteiger partial charge in [-0.25, -0.2) is 0 Å². The second-order valence-corrected chi connectivity index (χ2v) is 6.87. The Morgan fingerprint density at radius 3 is 2.68 bits per heavy atom. The van der Waals surface area contributed by atoms with E-state index in [1.807, 2.05) is 0 Å². The Labute approximate surface area is 124 Å². The lowest BCUT2D eigenvalue weighted by molar-refractivity contribution is 0.276. The summed E-state index contributed by atoms with van der Waals surface area (Å²) >= 11 is 3.65. The summed E-state index contributed by atoms with van der Waals surface area (Å²) in [5, 5.41) is 3.47. The molecule has 2 heterocycles. The molecular weight excluding hydrogens is 300 g/mol. The molecule has 1 atom stereocenters. The molecule has 1 unspecified atom stereocenters. The highest BCUT2D eigenvalue weighted by Crippen LogP contribution is 2.33. The fourth-order valence-electron chi connectivity index (χ4n) is 3.50. The van der Waals surface area contributed by atoms with Gasteiger partial charge in [-0.15, -0.1) is 0 Å². The molecule has 2 nitrogen and oxygen atoms in total. The number of rotatable bonds is 2. The predicted molar refractivity (Wildman–Crippen MR) is 84.8 cm³/mol. The van der Waals surface area contributed by atoms with Crippen LogP contribution in [0.3, 0.4) is 0 Å². The second kappa shape index (κ2) is 5.84. The van der Waals surface area contributed by atoms with E-state index in [0.717, 1.165) is 11.8 Å². The molecule has 2 fully saturated rings. The van der Waals surface area contributed by atoms with Gasteiger partial charge in [0.05, 0.1) is 0 Å². The number of benzene rings is 1. The van der Waals surface area contributed by atoms with E-state index >= 15 is 0 Å². The number of hydrogen-bond acceptors (Lipinski definition) is 2. The number of anilines is 1. The van der Waals surface area contributed by atoms with E-state index in [-0.39, 0.29) is 0 Å². The zero-order chi connectivity index (χ0) is 13.2. The molecule has 0 bridgehead atoms. The van der Waals surface area contributed by atoms with Crippen molar-refractivity contribution >= 4 is 21.6 Å². The summed E-state index contributed by atoms with van der Waals surface area (Å²) in [6, 6.07) is 6.77. The second-order valence-electron chi connectivity index (χ2n) is 6.02. The molecular formula is C16H23BrN2. The van der Waals surface area contributed by atoms with Gasteiger partial charge in [0.25, 0.3) is 0 Å². The largest absolute Gasteiger partial charge is 0.371 e. The molecule has 1 aromatic carbocycles. The van der Waals surface area contributed by atoms with Crippen LogP contribution in [-0.2, 0) is 0 Å². The Bertz CT molecular complexity index is 440. The lowest BCUT2D eigenvalue weighted by atomic mass is 9.84. The average Bonchev–Trinajstić information content (AvgIpc) is 2.93. The topological polar surface area (TPSA) is 15.3 Å². The minimum Gasteiger partial charge on any atom is -0.371 e. The van der Waals surface area contributed by atoms with Crippen LogP contribution in [0.5, 0.6) is 0 Å². The molecule has 0 spiro atoms. The van der Waals surface area contributed by atoms with Gasteiger partial charge in [0.2, 0.25) is 0 Å². The molecule has 104 valence electrons. The van der Waals surface area contributed by atoms with Crippen molar-refractivity contribution in [1.82, 2.24) is 5.32 Å². The van der Waals surface area contributed by atoms with Gasteiger partial charge in [-0.05, 0) is 68.8 Å². The Morgan fingerprint density at radius 1 is 1.16 bits per heavy atom. The van der Waals surface area contributed by atoms with Crippen LogP contribution in [0, 0.1) is 18.8 Å². The molecule has 3 rings (SSSR count). The normalized spacial score (nSPS) is 24.9. The molecule has 0 aliphatic carbocycles. The van der Waals surface area contributed by atoms with Crippen molar-refractivity contribution in [2.45, 2.75) is 26.2 Å². The summed E-state index contributed by atoms with van der Waals surface area (Å²) in [5.74, 6) is 1.85. The quantitative estimate of drug-likeness (QED) is 0.895. The van der Waals surface area contributed by atoms with E-state index in [9.17, 15) is 0 Å². The van der Waals surface area contributed by atoms with E-state index in [4.69, 9.17) is 0 Å². The van der Waals surface area contributed by atoms with Crippen molar-refractivity contribution in [3.8, 4) is 0 Å². The summed E-state index contributed by atoms with van der Waals surface area (Å²) in [4.78, 5) is 2.57. The van der Waals surface area contributed by atoms with Crippen LogP contribution in [0.1, 0.15) is 24.8 Å². The molecule has 3 heteroatoms. The molecule has 2 aliphatic heterocycles. The molecule has 0 radical (unpaired) electrons. The zero-order valence-corrected chi connectivity index (χ0v) is 13.2. The first kappa shape index (κ1) is 13.4. The third kappa shape index (κ3) is 2.97. The third-order valence-corrected chi connectivity index (χ3v) is 5.65. The summed E-state index contributed by atoms with van der Waals surface area (Å²) < 4.78 is 1.23. The van der Waals surface area contributed by atoms with Crippen LogP contribution >= 0.6 is 15.9 Å². The van der Waals surface area contributed by atoms with Crippen molar-refractivity contribution in [3.63, 3.8) is 0 Å². The lowest BCUT2D eigenvalue weighted by Gasteiger charge is -2.28. The maximum absolute atomic E-state index is 3.65. The molecule has 2 saturated heterocycles. The van der Waals surface area contributed by atoms with E-state index < -0.39 is 0 Å². The van der Waals surface area contributed by atoms with E-state index in [0.29, 0.717) is 0 Å². The maximum Gasteiger partial charge on any atom is 0.0377 e. The van der Waals surface area contributed by atoms with Crippen LogP contribution in [0.4, 0.5) is 5.69 Å². The summed E-state index contributed by atoms with van der Waals surface area (Å²) in [6.45, 7) is 7.06. The van der Waals surface area contributed by atoms with Gasteiger partial charge in [-0.3, -0.25) is 0 Å². The summed E-state index contributed by atoms with van der Waals surface area (Å²) in [6.07, 6.45) is 4.11. The van der Waals surface area contributed by atoms with Gasteiger partial charge in [0.15, 0.2) is 0 Å². The Kier molecular flexibility index (Phi) is 4.13. The maximum atomic E-state index is 3.65. The standard InChI is InChI=1S/C16H23BrN2/c1-12-2-3-15(10-16(12)17)19-9-6-14(11-19)13-4-7-18-8-5-13/h2-3,10,13-14,18H,4-9,11H2,1H3. The van der Waals surface area contributed by atoms with Crippen molar-refractivity contribution in [2.75, 3.05) is 31.1 Å². The average molecular weight is 323 g/mol. The van der Waals surface area contributed by atoms with Crippen LogP contribution in [-0.4, -0.2) is 26.2 Å². The summed E-state index contributed by atoms with van der Waals surface area (Å²) in [5.41, 5.74) is 2.70. The fraction of sp³-hybridized carbons (Fsp3) is 0.625. The minimum absolute atomic E-state index is 0.905. The number of halogens is 1. The van der Waals surface area contributed by atoms with Gasteiger partial charge in [-0.1, -0.05) is 22.0 Å². The minimum atomic E-state index is 0.905. The molecule has 0 aromatic heterocycles. The number of hydrogen-bond donors (Lipinski definition) is 1. The molecule has 2 aliphatic rings. The van der Waals surface area contributed by atoms with Gasteiger partial charge in [0.1, 0.15) is 0 Å². The highest BCUT2D eigenvalue weighted by atomic mass is 79.9. The molecule has 1 N–H and O–H groups in total. The van der Waals surface area contributed by atoms with Crippen LogP contribution < -0.4 is 10.2 Å². The number of aryl methyl sites for hydroxylation is 1. The van der Waals surface area contributed by atoms with Crippen molar-refractivity contribution in [1.29, 1.82) is 0 Å². The van der Waals surface area contributed by atoms with Crippen LogP contribution in [0.25, 0.3) is 0 Å². The highest BCUT2D eigenvalue weighted by molar-refractivity contribution is 9.10. The first-order valence-corrected chi connectivity index (χ1v) is 8.25. The Hall–Kier alpha value is -0.540. The Morgan fingerprint density at radius 2 is 1.95 bits per heavy atom. The van der Waals surface area contributed by atoms with Gasteiger partial charge < -0.3 is 10.2 Å². The van der Waals surface area contributed by atoms with E-state index in [1.54, 1.807) is 0 Å². The number of nitrogens with one attached hydrogen (secondary N) is 1. The number of nitrogens with zero attached hydrogens (tertiary/aromatic N) is 1. The van der Waals surface area contributed by atoms with Gasteiger partial charge in [-0.2, -0.15) is 0 Å². The van der Waals surface area contributed by atoms with Crippen molar-refractivity contribution in [3.05, 3.63) is 28.2 Å². The zero-order valence-electron chi connectivity index (χ0n) is 11.7. The van der Waals surface area contributed by atoms with Crippen LogP contribution in [0.2, 0.25) is 0 Å². The molecule has 0 amide bonds. The van der Waals surface area contributed by atoms with Gasteiger partial charge in [0, 0.05) is 23.2 Å². The van der Waals surface area contributed by atoms with Crippen molar-refractivity contribution in [2.24, 2.45) is 11.8 Å². The third-order valence-electron chi connectivity index (χ3n) is 4.80. The molecule has 1 aromatic rings. The lowest BCUT2D eigenvalue weighted by Crippen LogP contribution is -2.32. The Balaban J connectivity index is 1.66. The van der Waals surface area contributed by atoms with Gasteiger partial charge >= 0.3 is 0 Å². The summed E-state index contributed by atoms with van der Waals surface area (Å²) in [7, 11) is 0. The van der Waals surface area contributed by atoms with Crippen molar-refractivity contribution < 1.29 is 0 Å². The monoisotopic (exact) mass is 322 g/mol. The predicted octanol–water partition coefficient (Wildman–Crippen LogP) is 3.58. The smallest absolute Gasteiger partial charge is 0.0377 e. The molecule has 0 saturated carbocycles. The fourth-order valence-corrected chi connectivity index (χ4v) is 3.87. The number of piperidine rings is 1. The van der Waals surface area contributed by atoms with E-state index in [1.165, 1.54) is 61.2 Å². The SMILES string of the molecule is Cc1ccc(N2CCC(C3CCNCC3)C2)cc1Br. The first-order chi connectivity index (χ1) is 9.24. The van der Waals surface area contributed by atoms with E-state index in [2.05, 4.69) is 51.3 Å². The first-order valence-electron chi connectivity index (χ1n) is 7.46. The highest BCUT2D eigenvalue weighted by Gasteiger charge is 2.30. The molecule has 19 heavy (non-hydrogen) atoms.